The summed E-state index contributed by atoms with van der Waals surface area (Å²) in [6.07, 6.45) is 0.102. The average Bonchev–Trinajstić information content (AvgIpc) is 2.77. The topological polar surface area (TPSA) is 103 Å². The summed E-state index contributed by atoms with van der Waals surface area (Å²) in [6, 6.07) is 13.7. The molecule has 1 unspecified atom stereocenters. The molecule has 0 saturated heterocycles. The van der Waals surface area contributed by atoms with Crippen molar-refractivity contribution in [2.45, 2.75) is 18.9 Å². The quantitative estimate of drug-likeness (QED) is 0.575. The van der Waals surface area contributed by atoms with Crippen molar-refractivity contribution in [3.63, 3.8) is 0 Å². The van der Waals surface area contributed by atoms with Gasteiger partial charge in [-0.05, 0) is 23.3 Å². The Balaban J connectivity index is 2.02. The Morgan fingerprint density at radius 3 is 2.23 bits per heavy atom. The van der Waals surface area contributed by atoms with Crippen LogP contribution in [-0.2, 0) is 25.5 Å². The van der Waals surface area contributed by atoms with Crippen molar-refractivity contribution in [2.75, 3.05) is 27.9 Å². The highest BCUT2D eigenvalue weighted by atomic mass is 16.5. The van der Waals surface area contributed by atoms with E-state index in [1.165, 1.54) is 21.3 Å². The van der Waals surface area contributed by atoms with Crippen molar-refractivity contribution < 1.29 is 28.6 Å². The molecule has 0 aromatic heterocycles. The van der Waals surface area contributed by atoms with E-state index in [0.29, 0.717) is 17.1 Å². The van der Waals surface area contributed by atoms with E-state index in [9.17, 15) is 14.4 Å². The molecule has 0 fully saturated rings. The lowest BCUT2D eigenvalue weighted by Crippen LogP contribution is -2.39. The Morgan fingerprint density at radius 1 is 0.900 bits per heavy atom. The Hall–Kier alpha value is -3.55. The number of ether oxygens (including phenoxy) is 3. The molecule has 8 nitrogen and oxygen atoms in total. The summed E-state index contributed by atoms with van der Waals surface area (Å²) in [5.41, 5.74) is 1.49. The molecule has 2 rings (SSSR count). The van der Waals surface area contributed by atoms with E-state index in [0.717, 1.165) is 5.56 Å². The first kappa shape index (κ1) is 22.7. The zero-order valence-corrected chi connectivity index (χ0v) is 17.3. The van der Waals surface area contributed by atoms with Gasteiger partial charge in [-0.1, -0.05) is 36.4 Å². The largest absolute Gasteiger partial charge is 0.493 e. The third-order valence-electron chi connectivity index (χ3n) is 4.40. The van der Waals surface area contributed by atoms with Crippen LogP contribution in [0.3, 0.4) is 0 Å². The molecule has 2 aromatic carbocycles. The Morgan fingerprint density at radius 2 is 1.60 bits per heavy atom. The maximum Gasteiger partial charge on any atom is 0.307 e. The Kier molecular flexibility index (Phi) is 8.68. The lowest BCUT2D eigenvalue weighted by atomic mass is 10.0. The second kappa shape index (κ2) is 11.5. The van der Waals surface area contributed by atoms with Crippen LogP contribution in [0.1, 0.15) is 23.6 Å². The summed E-state index contributed by atoms with van der Waals surface area (Å²) in [5.74, 6) is -0.192. The molecule has 0 aliphatic carbocycles. The molecule has 1 atom stereocenters. The highest BCUT2D eigenvalue weighted by Crippen LogP contribution is 2.31. The van der Waals surface area contributed by atoms with Crippen LogP contribution in [0.15, 0.2) is 48.5 Å². The van der Waals surface area contributed by atoms with Crippen LogP contribution in [-0.4, -0.2) is 45.7 Å². The average molecular weight is 414 g/mol. The zero-order chi connectivity index (χ0) is 21.9. The predicted molar refractivity (Wildman–Crippen MR) is 110 cm³/mol. The molecule has 0 saturated carbocycles. The fraction of sp³-hybridized carbons (Fsp3) is 0.318. The van der Waals surface area contributed by atoms with E-state index >= 15 is 0 Å². The van der Waals surface area contributed by atoms with Gasteiger partial charge in [0.15, 0.2) is 11.5 Å². The van der Waals surface area contributed by atoms with Crippen molar-refractivity contribution in [1.29, 1.82) is 0 Å². The van der Waals surface area contributed by atoms with Gasteiger partial charge < -0.3 is 24.8 Å². The Labute approximate surface area is 175 Å². The molecule has 2 amide bonds. The van der Waals surface area contributed by atoms with Crippen LogP contribution in [0.4, 0.5) is 0 Å². The van der Waals surface area contributed by atoms with Gasteiger partial charge in [0.1, 0.15) is 0 Å². The molecule has 2 aromatic rings. The second-order valence-electron chi connectivity index (χ2n) is 6.45. The van der Waals surface area contributed by atoms with Gasteiger partial charge in [-0.25, -0.2) is 0 Å². The minimum absolute atomic E-state index is 0.0737. The fourth-order valence-corrected chi connectivity index (χ4v) is 2.84. The summed E-state index contributed by atoms with van der Waals surface area (Å²) >= 11 is 0. The number of nitrogens with one attached hydrogen (secondary N) is 2. The van der Waals surface area contributed by atoms with Gasteiger partial charge in [-0.3, -0.25) is 14.4 Å². The summed E-state index contributed by atoms with van der Waals surface area (Å²) in [5, 5.41) is 5.34. The molecule has 8 heteroatoms. The van der Waals surface area contributed by atoms with Gasteiger partial charge in [-0.2, -0.15) is 0 Å². The number of esters is 1. The number of amides is 2. The van der Waals surface area contributed by atoms with Gasteiger partial charge in [0.2, 0.25) is 11.8 Å². The van der Waals surface area contributed by atoms with Crippen LogP contribution < -0.4 is 20.1 Å². The minimum atomic E-state index is -0.657. The molecule has 0 aliphatic heterocycles. The van der Waals surface area contributed by atoms with Crippen LogP contribution in [0.25, 0.3) is 0 Å². The number of carbonyl (C=O) groups is 3. The number of benzene rings is 2. The smallest absolute Gasteiger partial charge is 0.307 e. The molecule has 0 radical (unpaired) electrons. The molecule has 0 spiro atoms. The first-order chi connectivity index (χ1) is 14.5. The van der Waals surface area contributed by atoms with Crippen molar-refractivity contribution in [3.8, 4) is 11.5 Å². The number of rotatable bonds is 10. The number of hydrogen-bond acceptors (Lipinski definition) is 6. The first-order valence-corrected chi connectivity index (χ1v) is 9.35. The number of hydrogen-bond donors (Lipinski definition) is 2. The lowest BCUT2D eigenvalue weighted by molar-refractivity contribution is -0.141. The summed E-state index contributed by atoms with van der Waals surface area (Å²) in [4.78, 5) is 36.3. The van der Waals surface area contributed by atoms with E-state index in [4.69, 9.17) is 14.2 Å². The van der Waals surface area contributed by atoms with Gasteiger partial charge in [0.25, 0.3) is 0 Å². The normalized spacial score (nSPS) is 11.2. The third kappa shape index (κ3) is 6.80. The summed E-state index contributed by atoms with van der Waals surface area (Å²) in [7, 11) is 4.29. The fourth-order valence-electron chi connectivity index (χ4n) is 2.84. The van der Waals surface area contributed by atoms with E-state index in [1.54, 1.807) is 18.2 Å². The summed E-state index contributed by atoms with van der Waals surface area (Å²) < 4.78 is 15.2. The predicted octanol–water partition coefficient (Wildman–Crippen LogP) is 1.78. The van der Waals surface area contributed by atoms with Crippen molar-refractivity contribution >= 4 is 17.8 Å². The maximum absolute atomic E-state index is 12.4. The van der Waals surface area contributed by atoms with Crippen LogP contribution in [0.2, 0.25) is 0 Å². The van der Waals surface area contributed by atoms with E-state index in [2.05, 4.69) is 10.6 Å². The monoisotopic (exact) mass is 414 g/mol. The highest BCUT2D eigenvalue weighted by Gasteiger charge is 2.21. The highest BCUT2D eigenvalue weighted by molar-refractivity contribution is 5.86. The molecule has 2 N–H and O–H groups in total. The first-order valence-electron chi connectivity index (χ1n) is 9.35. The molecule has 0 heterocycles. The Bertz CT molecular complexity index is 869. The molecule has 30 heavy (non-hydrogen) atoms. The van der Waals surface area contributed by atoms with E-state index in [-0.39, 0.29) is 25.3 Å². The maximum atomic E-state index is 12.4. The van der Waals surface area contributed by atoms with Gasteiger partial charge in [0.05, 0.1) is 46.8 Å². The van der Waals surface area contributed by atoms with Gasteiger partial charge in [0, 0.05) is 0 Å². The standard InChI is InChI=1S/C22H26N2O6/c1-28-18-10-9-16(12-19(18)29-2)17(13-22(27)30-3)24-21(26)14-23-20(25)11-15-7-5-4-6-8-15/h4-10,12,17H,11,13-14H2,1-3H3,(H,23,25)(H,24,26). The number of carbonyl (C=O) groups excluding carboxylic acids is 3. The van der Waals surface area contributed by atoms with E-state index in [1.807, 2.05) is 30.3 Å². The zero-order valence-electron chi connectivity index (χ0n) is 17.3. The molecular weight excluding hydrogens is 388 g/mol. The second-order valence-corrected chi connectivity index (χ2v) is 6.45. The van der Waals surface area contributed by atoms with Crippen LogP contribution in [0, 0.1) is 0 Å². The van der Waals surface area contributed by atoms with Crippen LogP contribution >= 0.6 is 0 Å². The summed E-state index contributed by atoms with van der Waals surface area (Å²) in [6.45, 7) is -0.212. The molecule has 0 aliphatic rings. The van der Waals surface area contributed by atoms with Gasteiger partial charge in [-0.15, -0.1) is 0 Å². The van der Waals surface area contributed by atoms with Crippen molar-refractivity contribution in [2.24, 2.45) is 0 Å². The van der Waals surface area contributed by atoms with Crippen LogP contribution in [0.5, 0.6) is 11.5 Å². The lowest BCUT2D eigenvalue weighted by Gasteiger charge is -2.20. The number of methoxy groups -OCH3 is 3. The third-order valence-corrected chi connectivity index (χ3v) is 4.40. The van der Waals surface area contributed by atoms with Crippen molar-refractivity contribution in [1.82, 2.24) is 10.6 Å². The minimum Gasteiger partial charge on any atom is -0.493 e. The molecular formula is C22H26N2O6. The van der Waals surface area contributed by atoms with E-state index < -0.39 is 17.9 Å². The van der Waals surface area contributed by atoms with Crippen molar-refractivity contribution in [3.05, 3.63) is 59.7 Å². The molecule has 160 valence electrons. The SMILES string of the molecule is COC(=O)CC(NC(=O)CNC(=O)Cc1ccccc1)c1ccc(OC)c(OC)c1. The van der Waals surface area contributed by atoms with Gasteiger partial charge >= 0.3 is 5.97 Å². The molecule has 0 bridgehead atoms.